The topological polar surface area (TPSA) is 49.9 Å². The van der Waals surface area contributed by atoms with Crippen LogP contribution in [-0.4, -0.2) is 40.8 Å². The first-order valence-corrected chi connectivity index (χ1v) is 10.4. The van der Waals surface area contributed by atoms with E-state index in [1.54, 1.807) is 24.3 Å². The SMILES string of the molecule is CN1C(=O)C(=Cc2cc(Br)c(OCc3ccc(F)cc3)c(Br)c2)C(=O)N(C)C1=S. The van der Waals surface area contributed by atoms with Crippen molar-refractivity contribution < 1.29 is 18.7 Å². The number of likely N-dealkylation sites (N-methyl/N-ethyl adjacent to an activating group) is 2. The Kier molecular flexibility index (Phi) is 6.50. The normalized spacial score (nSPS) is 14.5. The molecule has 0 N–H and O–H groups in total. The molecule has 0 aromatic heterocycles. The largest absolute Gasteiger partial charge is 0.487 e. The molecular formula is C20H15Br2FN2O3S. The van der Waals surface area contributed by atoms with Gasteiger partial charge in [-0.1, -0.05) is 12.1 Å². The van der Waals surface area contributed by atoms with Crippen molar-refractivity contribution in [1.82, 2.24) is 9.80 Å². The van der Waals surface area contributed by atoms with Crippen LogP contribution < -0.4 is 4.74 Å². The molecule has 150 valence electrons. The number of nitrogens with zero attached hydrogens (tertiary/aromatic N) is 2. The maximum atomic E-state index is 13.0. The zero-order chi connectivity index (χ0) is 21.3. The van der Waals surface area contributed by atoms with Crippen molar-refractivity contribution in [2.75, 3.05) is 14.1 Å². The Labute approximate surface area is 189 Å². The zero-order valence-corrected chi connectivity index (χ0v) is 19.4. The number of benzene rings is 2. The second kappa shape index (κ2) is 8.73. The number of rotatable bonds is 4. The summed E-state index contributed by atoms with van der Waals surface area (Å²) in [6.07, 6.45) is 1.51. The molecule has 1 aliphatic rings. The van der Waals surface area contributed by atoms with E-state index in [4.69, 9.17) is 17.0 Å². The van der Waals surface area contributed by atoms with Crippen LogP contribution in [0.15, 0.2) is 50.9 Å². The molecule has 2 amide bonds. The summed E-state index contributed by atoms with van der Waals surface area (Å²) >= 11 is 12.0. The maximum Gasteiger partial charge on any atom is 0.265 e. The number of hydrogen-bond donors (Lipinski definition) is 0. The van der Waals surface area contributed by atoms with E-state index in [-0.39, 0.29) is 23.1 Å². The van der Waals surface area contributed by atoms with Gasteiger partial charge in [0.1, 0.15) is 23.7 Å². The molecule has 2 aromatic carbocycles. The fourth-order valence-electron chi connectivity index (χ4n) is 2.68. The maximum absolute atomic E-state index is 13.0. The van der Waals surface area contributed by atoms with Crippen LogP contribution in [0.25, 0.3) is 6.08 Å². The van der Waals surface area contributed by atoms with Crippen LogP contribution in [0.1, 0.15) is 11.1 Å². The van der Waals surface area contributed by atoms with Crippen molar-refractivity contribution in [3.63, 3.8) is 0 Å². The number of carbonyl (C=O) groups is 2. The third-order valence-corrected chi connectivity index (χ3v) is 6.00. The van der Waals surface area contributed by atoms with Crippen LogP contribution in [0.5, 0.6) is 5.75 Å². The standard InChI is InChI=1S/C20H15Br2FN2O3S/c1-24-18(26)14(19(27)25(2)20(24)29)7-12-8-15(21)17(16(22)9-12)28-10-11-3-5-13(23)6-4-11/h3-9H,10H2,1-2H3. The van der Waals surface area contributed by atoms with Gasteiger partial charge < -0.3 is 4.74 Å². The molecule has 29 heavy (non-hydrogen) atoms. The summed E-state index contributed by atoms with van der Waals surface area (Å²) in [5.74, 6) is -0.672. The highest BCUT2D eigenvalue weighted by Crippen LogP contribution is 2.36. The minimum atomic E-state index is -0.456. The summed E-state index contributed by atoms with van der Waals surface area (Å²) in [4.78, 5) is 27.4. The summed E-state index contributed by atoms with van der Waals surface area (Å²) in [5.41, 5.74) is 1.46. The average molecular weight is 542 g/mol. The number of carbonyl (C=O) groups excluding carboxylic acids is 2. The predicted molar refractivity (Wildman–Crippen MR) is 119 cm³/mol. The molecule has 0 aliphatic carbocycles. The molecule has 3 rings (SSSR count). The number of ether oxygens (including phenoxy) is 1. The van der Waals surface area contributed by atoms with Crippen molar-refractivity contribution >= 4 is 67.1 Å². The van der Waals surface area contributed by atoms with Gasteiger partial charge in [-0.15, -0.1) is 0 Å². The van der Waals surface area contributed by atoms with E-state index in [0.717, 1.165) is 5.56 Å². The van der Waals surface area contributed by atoms with Crippen LogP contribution in [0.2, 0.25) is 0 Å². The van der Waals surface area contributed by atoms with Crippen molar-refractivity contribution in [2.45, 2.75) is 6.61 Å². The first kappa shape index (κ1) is 21.6. The molecule has 5 nitrogen and oxygen atoms in total. The molecule has 1 saturated heterocycles. The van der Waals surface area contributed by atoms with E-state index >= 15 is 0 Å². The second-order valence-corrected chi connectivity index (χ2v) is 8.37. The van der Waals surface area contributed by atoms with Crippen molar-refractivity contribution in [3.05, 3.63) is 67.9 Å². The Bertz CT molecular complexity index is 992. The lowest BCUT2D eigenvalue weighted by molar-refractivity contribution is -0.132. The Morgan fingerprint density at radius 2 is 1.55 bits per heavy atom. The first-order chi connectivity index (χ1) is 13.7. The Hall–Kier alpha value is -2.10. The van der Waals surface area contributed by atoms with Gasteiger partial charge in [-0.3, -0.25) is 19.4 Å². The summed E-state index contributed by atoms with van der Waals surface area (Å²) in [6.45, 7) is 0.252. The monoisotopic (exact) mass is 540 g/mol. The van der Waals surface area contributed by atoms with Gasteiger partial charge in [-0.2, -0.15) is 0 Å². The third kappa shape index (κ3) is 4.57. The number of halogens is 3. The minimum Gasteiger partial charge on any atom is -0.487 e. The van der Waals surface area contributed by atoms with E-state index in [9.17, 15) is 14.0 Å². The second-order valence-electron chi connectivity index (χ2n) is 6.30. The van der Waals surface area contributed by atoms with Gasteiger partial charge in [-0.25, -0.2) is 4.39 Å². The van der Waals surface area contributed by atoms with Gasteiger partial charge in [0.2, 0.25) is 0 Å². The highest BCUT2D eigenvalue weighted by atomic mass is 79.9. The molecular weight excluding hydrogens is 527 g/mol. The van der Waals surface area contributed by atoms with E-state index < -0.39 is 11.8 Å². The number of hydrogen-bond acceptors (Lipinski definition) is 4. The number of thiocarbonyl (C=S) groups is 1. The molecule has 0 atom stereocenters. The molecule has 0 radical (unpaired) electrons. The van der Waals surface area contributed by atoms with Gasteiger partial charge in [0.15, 0.2) is 5.11 Å². The third-order valence-electron chi connectivity index (χ3n) is 4.27. The van der Waals surface area contributed by atoms with Crippen LogP contribution >= 0.6 is 44.1 Å². The molecule has 0 unspecified atom stereocenters. The van der Waals surface area contributed by atoms with E-state index in [1.165, 1.54) is 42.1 Å². The number of amides is 2. The smallest absolute Gasteiger partial charge is 0.265 e. The van der Waals surface area contributed by atoms with Crippen molar-refractivity contribution in [3.8, 4) is 5.75 Å². The summed E-state index contributed by atoms with van der Waals surface area (Å²) in [5, 5.41) is 0.157. The molecule has 1 fully saturated rings. The van der Waals surface area contributed by atoms with E-state index in [1.807, 2.05) is 0 Å². The minimum absolute atomic E-state index is 0.0161. The first-order valence-electron chi connectivity index (χ1n) is 8.37. The van der Waals surface area contributed by atoms with Gasteiger partial charge in [0, 0.05) is 14.1 Å². The highest BCUT2D eigenvalue weighted by molar-refractivity contribution is 9.11. The predicted octanol–water partition coefficient (Wildman–Crippen LogP) is 4.53. The highest BCUT2D eigenvalue weighted by Gasteiger charge is 2.35. The average Bonchev–Trinajstić information content (AvgIpc) is 2.69. The van der Waals surface area contributed by atoms with E-state index in [0.29, 0.717) is 20.3 Å². The van der Waals surface area contributed by atoms with Gasteiger partial charge in [0.25, 0.3) is 11.8 Å². The van der Waals surface area contributed by atoms with Gasteiger partial charge in [-0.05, 0) is 85.5 Å². The molecule has 0 spiro atoms. The lowest BCUT2D eigenvalue weighted by atomic mass is 10.1. The fourth-order valence-corrected chi connectivity index (χ4v) is 4.30. The lowest BCUT2D eigenvalue weighted by Crippen LogP contribution is -2.52. The van der Waals surface area contributed by atoms with Crippen LogP contribution in [0.4, 0.5) is 4.39 Å². The molecule has 0 bridgehead atoms. The summed E-state index contributed by atoms with van der Waals surface area (Å²) in [7, 11) is 3.05. The van der Waals surface area contributed by atoms with Gasteiger partial charge >= 0.3 is 0 Å². The fraction of sp³-hybridized carbons (Fsp3) is 0.150. The van der Waals surface area contributed by atoms with Crippen LogP contribution in [-0.2, 0) is 16.2 Å². The zero-order valence-electron chi connectivity index (χ0n) is 15.4. The molecule has 1 aliphatic heterocycles. The molecule has 9 heteroatoms. The Balaban J connectivity index is 1.86. The summed E-state index contributed by atoms with van der Waals surface area (Å²) < 4.78 is 20.1. The van der Waals surface area contributed by atoms with Crippen molar-refractivity contribution in [2.24, 2.45) is 0 Å². The Morgan fingerprint density at radius 1 is 1.03 bits per heavy atom. The Morgan fingerprint density at radius 3 is 2.07 bits per heavy atom. The van der Waals surface area contributed by atoms with Crippen LogP contribution in [0, 0.1) is 5.82 Å². The summed E-state index contributed by atoms with van der Waals surface area (Å²) in [6, 6.07) is 9.52. The molecule has 1 heterocycles. The quantitative estimate of drug-likeness (QED) is 0.324. The van der Waals surface area contributed by atoms with Crippen molar-refractivity contribution in [1.29, 1.82) is 0 Å². The van der Waals surface area contributed by atoms with Gasteiger partial charge in [0.05, 0.1) is 8.95 Å². The lowest BCUT2D eigenvalue weighted by Gasteiger charge is -2.31. The molecule has 2 aromatic rings. The molecule has 0 saturated carbocycles. The van der Waals surface area contributed by atoms with Crippen LogP contribution in [0.3, 0.4) is 0 Å². The van der Waals surface area contributed by atoms with E-state index in [2.05, 4.69) is 31.9 Å².